The molecule has 1 atom stereocenters. The fraction of sp³-hybridized carbons (Fsp3) is 0.636. The van der Waals surface area contributed by atoms with Gasteiger partial charge in [0, 0.05) is 38.6 Å². The Balaban J connectivity index is 2.35. The van der Waals surface area contributed by atoms with Crippen molar-refractivity contribution in [3.05, 3.63) is 24.0 Å². The summed E-state index contributed by atoms with van der Waals surface area (Å²) in [5, 5.41) is 3.47. The lowest BCUT2D eigenvalue weighted by molar-refractivity contribution is 0.163. The molecule has 80 valence electrons. The molecule has 0 fully saturated rings. The van der Waals surface area contributed by atoms with E-state index in [1.807, 2.05) is 0 Å². The van der Waals surface area contributed by atoms with Gasteiger partial charge in [-0.1, -0.05) is 6.92 Å². The number of hydrogen-bond donors (Lipinski definition) is 1. The smallest absolute Gasteiger partial charge is 0.0615 e. The molecule has 3 heteroatoms. The number of ether oxygens (including phenoxy) is 1. The van der Waals surface area contributed by atoms with Crippen molar-refractivity contribution in [2.45, 2.75) is 25.9 Å². The van der Waals surface area contributed by atoms with E-state index < -0.39 is 0 Å². The molecule has 1 unspecified atom stereocenters. The molecule has 1 heterocycles. The minimum atomic E-state index is 0.454. The quantitative estimate of drug-likeness (QED) is 0.747. The van der Waals surface area contributed by atoms with Gasteiger partial charge in [0.05, 0.1) is 6.61 Å². The maximum atomic E-state index is 5.13. The van der Waals surface area contributed by atoms with Crippen LogP contribution in [0.25, 0.3) is 0 Å². The van der Waals surface area contributed by atoms with Crippen molar-refractivity contribution < 1.29 is 4.74 Å². The summed E-state index contributed by atoms with van der Waals surface area (Å²) < 4.78 is 7.26. The molecule has 0 aliphatic heterocycles. The first-order chi connectivity index (χ1) is 6.77. The minimum Gasteiger partial charge on any atom is -0.383 e. The van der Waals surface area contributed by atoms with Gasteiger partial charge in [-0.05, 0) is 18.6 Å². The van der Waals surface area contributed by atoms with E-state index in [-0.39, 0.29) is 0 Å². The summed E-state index contributed by atoms with van der Waals surface area (Å²) in [5.41, 5.74) is 1.31. The van der Waals surface area contributed by atoms with Crippen molar-refractivity contribution in [1.82, 2.24) is 9.88 Å². The van der Waals surface area contributed by atoms with E-state index in [0.717, 1.165) is 19.6 Å². The number of nitrogens with zero attached hydrogens (tertiary/aromatic N) is 1. The molecule has 0 saturated carbocycles. The van der Waals surface area contributed by atoms with Crippen LogP contribution < -0.4 is 5.32 Å². The largest absolute Gasteiger partial charge is 0.383 e. The lowest BCUT2D eigenvalue weighted by Crippen LogP contribution is -2.32. The van der Waals surface area contributed by atoms with Gasteiger partial charge in [-0.15, -0.1) is 0 Å². The Morgan fingerprint density at radius 2 is 2.36 bits per heavy atom. The first-order valence-corrected chi connectivity index (χ1v) is 5.10. The van der Waals surface area contributed by atoms with Crippen molar-refractivity contribution in [3.63, 3.8) is 0 Å². The molecule has 3 nitrogen and oxygen atoms in total. The van der Waals surface area contributed by atoms with Crippen LogP contribution in [0.2, 0.25) is 0 Å². The Hall–Kier alpha value is -0.800. The second-order valence-electron chi connectivity index (χ2n) is 3.55. The van der Waals surface area contributed by atoms with E-state index >= 15 is 0 Å². The van der Waals surface area contributed by atoms with Crippen LogP contribution in [0.4, 0.5) is 0 Å². The Bertz CT molecular complexity index is 258. The van der Waals surface area contributed by atoms with E-state index in [0.29, 0.717) is 6.04 Å². The van der Waals surface area contributed by atoms with Crippen LogP contribution in [-0.2, 0) is 18.3 Å². The minimum absolute atomic E-state index is 0.454. The van der Waals surface area contributed by atoms with Gasteiger partial charge in [0.1, 0.15) is 0 Å². The highest BCUT2D eigenvalue weighted by Gasteiger charge is 2.05. The van der Waals surface area contributed by atoms with Gasteiger partial charge in [0.25, 0.3) is 0 Å². The highest BCUT2D eigenvalue weighted by molar-refractivity contribution is 5.06. The van der Waals surface area contributed by atoms with Gasteiger partial charge < -0.3 is 14.6 Å². The number of methoxy groups -OCH3 is 1. The Labute approximate surface area is 86.1 Å². The van der Waals surface area contributed by atoms with E-state index in [9.17, 15) is 0 Å². The van der Waals surface area contributed by atoms with Gasteiger partial charge in [-0.3, -0.25) is 0 Å². The van der Waals surface area contributed by atoms with Gasteiger partial charge in [0.15, 0.2) is 0 Å². The van der Waals surface area contributed by atoms with Gasteiger partial charge in [-0.2, -0.15) is 0 Å². The molecule has 14 heavy (non-hydrogen) atoms. The number of aromatic nitrogens is 1. The third kappa shape index (κ3) is 3.16. The molecule has 0 aromatic carbocycles. The average molecular weight is 196 g/mol. The summed E-state index contributed by atoms with van der Waals surface area (Å²) in [7, 11) is 3.81. The highest BCUT2D eigenvalue weighted by Crippen LogP contribution is 2.00. The van der Waals surface area contributed by atoms with Crippen LogP contribution in [0.5, 0.6) is 0 Å². The highest BCUT2D eigenvalue weighted by atomic mass is 16.5. The molecule has 0 bridgehead atoms. The summed E-state index contributed by atoms with van der Waals surface area (Å²) in [4.78, 5) is 0. The second kappa shape index (κ2) is 5.83. The summed E-state index contributed by atoms with van der Waals surface area (Å²) in [6, 6.07) is 4.65. The molecular formula is C11H20N2O. The average Bonchev–Trinajstić information content (AvgIpc) is 2.59. The van der Waals surface area contributed by atoms with Crippen molar-refractivity contribution in [1.29, 1.82) is 0 Å². The van der Waals surface area contributed by atoms with Crippen molar-refractivity contribution in [2.24, 2.45) is 7.05 Å². The van der Waals surface area contributed by atoms with Crippen molar-refractivity contribution in [2.75, 3.05) is 13.7 Å². The van der Waals surface area contributed by atoms with Crippen molar-refractivity contribution >= 4 is 0 Å². The summed E-state index contributed by atoms with van der Waals surface area (Å²) in [6.45, 7) is 3.86. The normalized spacial score (nSPS) is 13.1. The van der Waals surface area contributed by atoms with E-state index in [2.05, 4.69) is 42.2 Å². The molecule has 1 N–H and O–H groups in total. The zero-order valence-corrected chi connectivity index (χ0v) is 9.29. The van der Waals surface area contributed by atoms with Crippen molar-refractivity contribution in [3.8, 4) is 0 Å². The van der Waals surface area contributed by atoms with Crippen LogP contribution in [0.15, 0.2) is 18.3 Å². The SMILES string of the molecule is CCC(COC)NCc1cccn1C. The molecule has 1 aromatic rings. The summed E-state index contributed by atoms with van der Waals surface area (Å²) in [6.07, 6.45) is 3.16. The van der Waals surface area contributed by atoms with Gasteiger partial charge in [-0.25, -0.2) is 0 Å². The predicted octanol–water partition coefficient (Wildman–Crippen LogP) is 1.54. The zero-order valence-electron chi connectivity index (χ0n) is 9.29. The Morgan fingerprint density at radius 1 is 1.57 bits per heavy atom. The number of hydrogen-bond acceptors (Lipinski definition) is 2. The van der Waals surface area contributed by atoms with Crippen LogP contribution in [-0.4, -0.2) is 24.3 Å². The maximum absolute atomic E-state index is 5.13. The van der Waals surface area contributed by atoms with E-state index in [1.54, 1.807) is 7.11 Å². The predicted molar refractivity (Wildman–Crippen MR) is 58.2 cm³/mol. The van der Waals surface area contributed by atoms with E-state index in [4.69, 9.17) is 4.74 Å². The molecule has 0 radical (unpaired) electrons. The fourth-order valence-electron chi connectivity index (χ4n) is 1.45. The number of nitrogens with one attached hydrogen (secondary N) is 1. The Morgan fingerprint density at radius 3 is 2.86 bits per heavy atom. The number of aryl methyl sites for hydroxylation is 1. The monoisotopic (exact) mass is 196 g/mol. The summed E-state index contributed by atoms with van der Waals surface area (Å²) >= 11 is 0. The van der Waals surface area contributed by atoms with Crippen LogP contribution in [0, 0.1) is 0 Å². The van der Waals surface area contributed by atoms with Crippen LogP contribution in [0.1, 0.15) is 19.0 Å². The number of rotatable bonds is 6. The third-order valence-electron chi connectivity index (χ3n) is 2.48. The van der Waals surface area contributed by atoms with Gasteiger partial charge >= 0.3 is 0 Å². The fourth-order valence-corrected chi connectivity index (χ4v) is 1.45. The lowest BCUT2D eigenvalue weighted by Gasteiger charge is -2.16. The standard InChI is InChI=1S/C11H20N2O/c1-4-10(9-14-3)12-8-11-6-5-7-13(11)2/h5-7,10,12H,4,8-9H2,1-3H3. The maximum Gasteiger partial charge on any atom is 0.0615 e. The second-order valence-corrected chi connectivity index (χ2v) is 3.55. The molecule has 1 aromatic heterocycles. The third-order valence-corrected chi connectivity index (χ3v) is 2.48. The first kappa shape index (κ1) is 11.3. The lowest BCUT2D eigenvalue weighted by atomic mass is 10.2. The molecule has 0 aliphatic rings. The first-order valence-electron chi connectivity index (χ1n) is 5.10. The van der Waals surface area contributed by atoms with Crippen LogP contribution in [0.3, 0.4) is 0 Å². The molecule has 1 rings (SSSR count). The molecule has 0 aliphatic carbocycles. The summed E-state index contributed by atoms with van der Waals surface area (Å²) in [5.74, 6) is 0. The Kier molecular flexibility index (Phi) is 4.70. The molecule has 0 amide bonds. The molecule has 0 saturated heterocycles. The zero-order chi connectivity index (χ0) is 10.4. The molecule has 0 spiro atoms. The van der Waals surface area contributed by atoms with Gasteiger partial charge in [0.2, 0.25) is 0 Å². The topological polar surface area (TPSA) is 26.2 Å². The van der Waals surface area contributed by atoms with Crippen LogP contribution >= 0.6 is 0 Å². The molecular weight excluding hydrogens is 176 g/mol. The van der Waals surface area contributed by atoms with E-state index in [1.165, 1.54) is 5.69 Å².